The number of carbonyl (C=O) groups is 1. The smallest absolute Gasteiger partial charge is 0.340 e. The average molecular weight is 444 g/mol. The molecule has 0 bridgehead atoms. The normalized spacial score (nSPS) is 11.6. The lowest BCUT2D eigenvalue weighted by Gasteiger charge is -2.17. The Bertz CT molecular complexity index is 1190. The number of halogens is 1. The van der Waals surface area contributed by atoms with Crippen LogP contribution in [-0.2, 0) is 16.2 Å². The van der Waals surface area contributed by atoms with E-state index >= 15 is 4.39 Å². The number of nitrogens with zero attached hydrogens (tertiary/aromatic N) is 2. The fourth-order valence-electron chi connectivity index (χ4n) is 3.11. The summed E-state index contributed by atoms with van der Waals surface area (Å²) in [4.78, 5) is 29.5. The van der Waals surface area contributed by atoms with Gasteiger partial charge in [0.15, 0.2) is 0 Å². The average Bonchev–Trinajstić information content (AvgIpc) is 2.71. The molecule has 3 rings (SSSR count). The molecule has 1 aromatic heterocycles. The number of esters is 1. The second kappa shape index (κ2) is 8.99. The van der Waals surface area contributed by atoms with E-state index in [0.29, 0.717) is 23.3 Å². The third-order valence-corrected chi connectivity index (χ3v) is 6.59. The Balaban J connectivity index is 2.14. The molecule has 0 saturated heterocycles. The highest BCUT2D eigenvalue weighted by molar-refractivity contribution is 6.76. The first-order valence-electron chi connectivity index (χ1n) is 9.88. The Labute approximate surface area is 180 Å². The molecule has 0 fully saturated rings. The predicted molar refractivity (Wildman–Crippen MR) is 121 cm³/mol. The Kier molecular flexibility index (Phi) is 6.56. The second-order valence-electron chi connectivity index (χ2n) is 8.42. The van der Waals surface area contributed by atoms with Crippen LogP contribution in [0, 0.1) is 5.82 Å². The molecular weight excluding hydrogens is 417 g/mol. The van der Waals surface area contributed by atoms with Gasteiger partial charge in [0, 0.05) is 20.2 Å². The van der Waals surface area contributed by atoms with Crippen LogP contribution in [0.15, 0.2) is 41.2 Å². The molecule has 0 saturated carbocycles. The molecular formula is C22H26FN3O4Si. The Hall–Kier alpha value is -3.04. The molecule has 0 aliphatic rings. The predicted octanol–water partition coefficient (Wildman–Crippen LogP) is 3.88. The minimum atomic E-state index is -1.30. The van der Waals surface area contributed by atoms with E-state index in [1.165, 1.54) is 22.8 Å². The lowest BCUT2D eigenvalue weighted by molar-refractivity contribution is 0.0595. The Morgan fingerprint density at radius 1 is 1.19 bits per heavy atom. The molecule has 2 N–H and O–H groups in total. The third-order valence-electron chi connectivity index (χ3n) is 4.88. The zero-order valence-corrected chi connectivity index (χ0v) is 19.1. The highest BCUT2D eigenvalue weighted by Gasteiger charge is 2.22. The highest BCUT2D eigenvalue weighted by Crippen LogP contribution is 2.25. The van der Waals surface area contributed by atoms with Crippen molar-refractivity contribution < 1.29 is 18.7 Å². The maximum absolute atomic E-state index is 15.1. The van der Waals surface area contributed by atoms with Gasteiger partial charge >= 0.3 is 5.97 Å². The van der Waals surface area contributed by atoms with Crippen LogP contribution >= 0.6 is 0 Å². The number of para-hydroxylation sites is 1. The van der Waals surface area contributed by atoms with Crippen molar-refractivity contribution in [2.45, 2.75) is 32.4 Å². The number of hydrogen-bond donors (Lipinski definition) is 1. The summed E-state index contributed by atoms with van der Waals surface area (Å²) in [5.41, 5.74) is 6.22. The van der Waals surface area contributed by atoms with E-state index in [0.717, 1.165) is 13.2 Å². The van der Waals surface area contributed by atoms with Gasteiger partial charge in [0.05, 0.1) is 23.9 Å². The summed E-state index contributed by atoms with van der Waals surface area (Å²) in [6, 6.07) is 10.2. The molecule has 0 atom stereocenters. The number of carbonyl (C=O) groups excluding carboxylic acids is 1. The van der Waals surface area contributed by atoms with E-state index < -0.39 is 25.4 Å². The van der Waals surface area contributed by atoms with Gasteiger partial charge in [-0.25, -0.2) is 14.2 Å². The van der Waals surface area contributed by atoms with Crippen LogP contribution in [-0.4, -0.2) is 37.3 Å². The van der Waals surface area contributed by atoms with Gasteiger partial charge in [-0.2, -0.15) is 0 Å². The molecule has 0 amide bonds. The number of anilines is 1. The SMILES string of the molecule is COC(=O)c1cccc(-c2nc3c(N)cccc3n(COCC[Si](C)(C)C)c2=O)c1F. The molecule has 0 aliphatic heterocycles. The van der Waals surface area contributed by atoms with Crippen LogP contribution in [0.3, 0.4) is 0 Å². The van der Waals surface area contributed by atoms with Crippen molar-refractivity contribution in [2.75, 3.05) is 19.5 Å². The molecule has 2 aromatic carbocycles. The van der Waals surface area contributed by atoms with E-state index in [2.05, 4.69) is 29.4 Å². The Morgan fingerprint density at radius 2 is 1.90 bits per heavy atom. The summed E-state index contributed by atoms with van der Waals surface area (Å²) in [5.74, 6) is -1.71. The van der Waals surface area contributed by atoms with Crippen molar-refractivity contribution in [1.82, 2.24) is 9.55 Å². The number of ether oxygens (including phenoxy) is 2. The summed E-state index contributed by atoms with van der Waals surface area (Å²) in [6.45, 7) is 7.20. The number of benzene rings is 2. The third kappa shape index (κ3) is 4.83. The van der Waals surface area contributed by atoms with Crippen molar-refractivity contribution in [2.24, 2.45) is 0 Å². The highest BCUT2D eigenvalue weighted by atomic mass is 28.3. The second-order valence-corrected chi connectivity index (χ2v) is 14.0. The summed E-state index contributed by atoms with van der Waals surface area (Å²) in [7, 11) is -0.141. The summed E-state index contributed by atoms with van der Waals surface area (Å²) < 4.78 is 26.9. The molecule has 0 aliphatic carbocycles. The van der Waals surface area contributed by atoms with Crippen LogP contribution in [0.1, 0.15) is 10.4 Å². The first kappa shape index (κ1) is 22.6. The maximum atomic E-state index is 15.1. The van der Waals surface area contributed by atoms with Crippen LogP contribution in [0.2, 0.25) is 25.7 Å². The quantitative estimate of drug-likeness (QED) is 0.258. The van der Waals surface area contributed by atoms with E-state index in [9.17, 15) is 9.59 Å². The van der Waals surface area contributed by atoms with Crippen molar-refractivity contribution in [3.8, 4) is 11.3 Å². The summed E-state index contributed by atoms with van der Waals surface area (Å²) in [5, 5.41) is 0. The number of methoxy groups -OCH3 is 1. The van der Waals surface area contributed by atoms with Crippen LogP contribution in [0.4, 0.5) is 10.1 Å². The summed E-state index contributed by atoms with van der Waals surface area (Å²) >= 11 is 0. The molecule has 31 heavy (non-hydrogen) atoms. The largest absolute Gasteiger partial charge is 0.465 e. The van der Waals surface area contributed by atoms with Crippen LogP contribution in [0.5, 0.6) is 0 Å². The van der Waals surface area contributed by atoms with Gasteiger partial charge in [-0.05, 0) is 30.3 Å². The zero-order chi connectivity index (χ0) is 22.8. The van der Waals surface area contributed by atoms with E-state index in [1.807, 2.05) is 0 Å². The Morgan fingerprint density at radius 3 is 2.58 bits per heavy atom. The van der Waals surface area contributed by atoms with E-state index in [-0.39, 0.29) is 23.6 Å². The number of aromatic nitrogens is 2. The number of hydrogen-bond acceptors (Lipinski definition) is 6. The van der Waals surface area contributed by atoms with Crippen molar-refractivity contribution >= 4 is 30.8 Å². The van der Waals surface area contributed by atoms with Crippen LogP contribution < -0.4 is 11.3 Å². The fraction of sp³-hybridized carbons (Fsp3) is 0.318. The van der Waals surface area contributed by atoms with Gasteiger partial charge in [-0.15, -0.1) is 0 Å². The van der Waals surface area contributed by atoms with Crippen molar-refractivity contribution in [3.05, 3.63) is 58.1 Å². The van der Waals surface area contributed by atoms with Gasteiger partial charge in [0.25, 0.3) is 5.56 Å². The first-order chi connectivity index (χ1) is 14.6. The number of nitrogen functional groups attached to an aromatic ring is 1. The monoisotopic (exact) mass is 443 g/mol. The minimum Gasteiger partial charge on any atom is -0.465 e. The van der Waals surface area contributed by atoms with Gasteiger partial charge in [-0.3, -0.25) is 9.36 Å². The number of fused-ring (bicyclic) bond motifs is 1. The van der Waals surface area contributed by atoms with E-state index in [4.69, 9.17) is 10.5 Å². The fourth-order valence-corrected chi connectivity index (χ4v) is 3.86. The molecule has 1 heterocycles. The lowest BCUT2D eigenvalue weighted by atomic mass is 10.1. The lowest BCUT2D eigenvalue weighted by Crippen LogP contribution is -2.27. The van der Waals surface area contributed by atoms with Gasteiger partial charge < -0.3 is 15.2 Å². The molecule has 3 aromatic rings. The molecule has 0 spiro atoms. The van der Waals surface area contributed by atoms with Gasteiger partial charge in [0.1, 0.15) is 23.8 Å². The van der Waals surface area contributed by atoms with Gasteiger partial charge in [0.2, 0.25) is 0 Å². The molecule has 9 heteroatoms. The standard InChI is InChI=1S/C22H26FN3O4Si/c1-29-22(28)15-8-5-7-14(18(15)23)19-21(27)26(13-30-11-12-31(2,3)4)17-10-6-9-16(24)20(17)25-19/h5-10H,11-13,24H2,1-4H3. The van der Waals surface area contributed by atoms with Gasteiger partial charge in [-0.1, -0.05) is 31.8 Å². The maximum Gasteiger partial charge on any atom is 0.340 e. The minimum absolute atomic E-state index is 0.0168. The van der Waals surface area contributed by atoms with E-state index in [1.54, 1.807) is 18.2 Å². The van der Waals surface area contributed by atoms with Crippen molar-refractivity contribution in [3.63, 3.8) is 0 Å². The molecule has 0 unspecified atom stereocenters. The topological polar surface area (TPSA) is 96.4 Å². The zero-order valence-electron chi connectivity index (χ0n) is 18.1. The van der Waals surface area contributed by atoms with Crippen LogP contribution in [0.25, 0.3) is 22.3 Å². The number of nitrogens with two attached hydrogens (primary N) is 1. The molecule has 164 valence electrons. The van der Waals surface area contributed by atoms with Crippen molar-refractivity contribution in [1.29, 1.82) is 0 Å². The number of rotatable bonds is 7. The molecule has 7 nitrogen and oxygen atoms in total. The summed E-state index contributed by atoms with van der Waals surface area (Å²) in [6.07, 6.45) is 0. The molecule has 0 radical (unpaired) electrons. The first-order valence-corrected chi connectivity index (χ1v) is 13.6.